The minimum Gasteiger partial charge on any atom is -0.489 e. The fraction of sp³-hybridized carbons (Fsp3) is 0.217. The van der Waals surface area contributed by atoms with Crippen molar-refractivity contribution in [1.29, 1.82) is 0 Å². The van der Waals surface area contributed by atoms with Crippen LogP contribution in [-0.4, -0.2) is 11.7 Å². The Hall–Kier alpha value is -2.62. The summed E-state index contributed by atoms with van der Waals surface area (Å²) in [4.78, 5) is 0. The lowest BCUT2D eigenvalue weighted by Gasteiger charge is -2.13. The monoisotopic (exact) mass is 347 g/mol. The number of hydrogen-bond donors (Lipinski definition) is 2. The van der Waals surface area contributed by atoms with E-state index in [0.717, 1.165) is 16.9 Å². The Morgan fingerprint density at radius 1 is 0.923 bits per heavy atom. The highest BCUT2D eigenvalue weighted by molar-refractivity contribution is 5.30. The predicted molar refractivity (Wildman–Crippen MR) is 105 cm³/mol. The van der Waals surface area contributed by atoms with E-state index in [2.05, 4.69) is 30.4 Å². The number of nitrogens with one attached hydrogen (secondary N) is 1. The van der Waals surface area contributed by atoms with E-state index in [4.69, 9.17) is 4.74 Å². The Kier molecular flexibility index (Phi) is 6.42. The predicted octanol–water partition coefficient (Wildman–Crippen LogP) is 4.40. The van der Waals surface area contributed by atoms with E-state index in [1.54, 1.807) is 0 Å². The van der Waals surface area contributed by atoms with Crippen LogP contribution in [0.15, 0.2) is 78.9 Å². The molecule has 3 nitrogen and oxygen atoms in total. The van der Waals surface area contributed by atoms with Gasteiger partial charge in [-0.3, -0.25) is 0 Å². The minimum atomic E-state index is -0.503. The zero-order chi connectivity index (χ0) is 18.2. The van der Waals surface area contributed by atoms with Gasteiger partial charge in [0, 0.05) is 13.1 Å². The van der Waals surface area contributed by atoms with Gasteiger partial charge in [0.1, 0.15) is 12.4 Å². The second kappa shape index (κ2) is 9.18. The van der Waals surface area contributed by atoms with Crippen molar-refractivity contribution in [1.82, 2.24) is 5.32 Å². The van der Waals surface area contributed by atoms with Gasteiger partial charge in [0.15, 0.2) is 0 Å². The zero-order valence-corrected chi connectivity index (χ0v) is 15.1. The number of aryl methyl sites for hydroxylation is 1. The lowest BCUT2D eigenvalue weighted by atomic mass is 10.1. The summed E-state index contributed by atoms with van der Waals surface area (Å²) in [5, 5.41) is 13.5. The highest BCUT2D eigenvalue weighted by Crippen LogP contribution is 2.17. The van der Waals surface area contributed by atoms with E-state index in [1.165, 1.54) is 11.1 Å². The van der Waals surface area contributed by atoms with Crippen molar-refractivity contribution in [2.24, 2.45) is 0 Å². The maximum Gasteiger partial charge on any atom is 0.120 e. The van der Waals surface area contributed by atoms with Crippen LogP contribution >= 0.6 is 0 Å². The summed E-state index contributed by atoms with van der Waals surface area (Å²) in [6.45, 7) is 3.86. The standard InChI is InChI=1S/C23H25NO2/c1-18-8-5-6-12-21(18)17-26-22-13-7-9-19(14-22)15-24-16-23(25)20-10-3-2-4-11-20/h2-14,23-25H,15-17H2,1H3/t23-/m0/s1. The maximum atomic E-state index is 10.2. The largest absolute Gasteiger partial charge is 0.489 e. The van der Waals surface area contributed by atoms with Crippen LogP contribution in [-0.2, 0) is 13.2 Å². The van der Waals surface area contributed by atoms with Crippen molar-refractivity contribution >= 4 is 0 Å². The van der Waals surface area contributed by atoms with Crippen LogP contribution in [0.2, 0.25) is 0 Å². The van der Waals surface area contributed by atoms with E-state index in [-0.39, 0.29) is 0 Å². The molecule has 3 aromatic rings. The second-order valence-corrected chi connectivity index (χ2v) is 6.42. The fourth-order valence-electron chi connectivity index (χ4n) is 2.82. The molecule has 2 N–H and O–H groups in total. The molecule has 0 amide bonds. The molecular formula is C23H25NO2. The molecule has 0 radical (unpaired) electrons. The molecule has 0 unspecified atom stereocenters. The molecule has 1 atom stereocenters. The van der Waals surface area contributed by atoms with Crippen LogP contribution < -0.4 is 10.1 Å². The molecule has 3 aromatic carbocycles. The molecule has 0 bridgehead atoms. The quantitative estimate of drug-likeness (QED) is 0.635. The Balaban J connectivity index is 1.50. The van der Waals surface area contributed by atoms with Gasteiger partial charge in [0.25, 0.3) is 0 Å². The summed E-state index contributed by atoms with van der Waals surface area (Å²) >= 11 is 0. The number of benzene rings is 3. The highest BCUT2D eigenvalue weighted by atomic mass is 16.5. The van der Waals surface area contributed by atoms with Crippen LogP contribution in [0.1, 0.15) is 28.4 Å². The van der Waals surface area contributed by atoms with E-state index in [1.807, 2.05) is 60.7 Å². The van der Waals surface area contributed by atoms with Gasteiger partial charge >= 0.3 is 0 Å². The van der Waals surface area contributed by atoms with Gasteiger partial charge in [-0.15, -0.1) is 0 Å². The van der Waals surface area contributed by atoms with Crippen molar-refractivity contribution < 1.29 is 9.84 Å². The topological polar surface area (TPSA) is 41.5 Å². The van der Waals surface area contributed by atoms with Crippen LogP contribution in [0, 0.1) is 6.92 Å². The number of ether oxygens (including phenoxy) is 1. The average molecular weight is 347 g/mol. The van der Waals surface area contributed by atoms with Crippen molar-refractivity contribution in [3.8, 4) is 5.75 Å². The van der Waals surface area contributed by atoms with Gasteiger partial charge in [-0.2, -0.15) is 0 Å². The third kappa shape index (κ3) is 5.19. The van der Waals surface area contributed by atoms with Gasteiger partial charge in [-0.25, -0.2) is 0 Å². The summed E-state index contributed by atoms with van der Waals surface area (Å²) < 4.78 is 5.93. The number of rotatable bonds is 8. The van der Waals surface area contributed by atoms with Gasteiger partial charge in [-0.05, 0) is 41.3 Å². The summed E-state index contributed by atoms with van der Waals surface area (Å²) in [5.41, 5.74) is 4.49. The van der Waals surface area contributed by atoms with Gasteiger partial charge < -0.3 is 15.2 Å². The Bertz CT molecular complexity index is 817. The number of hydrogen-bond acceptors (Lipinski definition) is 3. The first kappa shape index (κ1) is 18.2. The van der Waals surface area contributed by atoms with E-state index in [9.17, 15) is 5.11 Å². The SMILES string of the molecule is Cc1ccccc1COc1cccc(CNC[C@H](O)c2ccccc2)c1. The number of aliphatic hydroxyl groups excluding tert-OH is 1. The summed E-state index contributed by atoms with van der Waals surface area (Å²) in [6, 6.07) is 26.0. The lowest BCUT2D eigenvalue weighted by molar-refractivity contribution is 0.174. The Labute approximate surface area is 155 Å². The van der Waals surface area contributed by atoms with Gasteiger partial charge in [0.05, 0.1) is 6.10 Å². The second-order valence-electron chi connectivity index (χ2n) is 6.42. The summed E-state index contributed by atoms with van der Waals surface area (Å²) in [7, 11) is 0. The summed E-state index contributed by atoms with van der Waals surface area (Å²) in [5.74, 6) is 0.858. The minimum absolute atomic E-state index is 0.503. The van der Waals surface area contributed by atoms with Crippen LogP contribution in [0.5, 0.6) is 5.75 Å². The molecule has 0 aliphatic heterocycles. The normalized spacial score (nSPS) is 11.9. The van der Waals surface area contributed by atoms with Crippen molar-refractivity contribution in [2.45, 2.75) is 26.2 Å². The fourth-order valence-corrected chi connectivity index (χ4v) is 2.82. The summed E-state index contributed by atoms with van der Waals surface area (Å²) in [6.07, 6.45) is -0.503. The zero-order valence-electron chi connectivity index (χ0n) is 15.1. The molecule has 0 aromatic heterocycles. The van der Waals surface area contributed by atoms with Crippen LogP contribution in [0.25, 0.3) is 0 Å². The van der Waals surface area contributed by atoms with Crippen LogP contribution in [0.3, 0.4) is 0 Å². The Morgan fingerprint density at radius 2 is 1.69 bits per heavy atom. The molecule has 0 saturated heterocycles. The highest BCUT2D eigenvalue weighted by Gasteiger charge is 2.06. The molecule has 0 fully saturated rings. The molecule has 0 heterocycles. The van der Waals surface area contributed by atoms with E-state index >= 15 is 0 Å². The molecule has 3 rings (SSSR count). The lowest BCUT2D eigenvalue weighted by Crippen LogP contribution is -2.21. The van der Waals surface area contributed by atoms with Gasteiger partial charge in [0.2, 0.25) is 0 Å². The molecule has 0 spiro atoms. The van der Waals surface area contributed by atoms with Gasteiger partial charge in [-0.1, -0.05) is 66.7 Å². The molecule has 134 valence electrons. The molecular weight excluding hydrogens is 322 g/mol. The first-order valence-electron chi connectivity index (χ1n) is 8.92. The first-order valence-corrected chi connectivity index (χ1v) is 8.92. The molecule has 0 aliphatic carbocycles. The van der Waals surface area contributed by atoms with Crippen molar-refractivity contribution in [2.75, 3.05) is 6.54 Å². The molecule has 26 heavy (non-hydrogen) atoms. The first-order chi connectivity index (χ1) is 12.7. The van der Waals surface area contributed by atoms with Crippen molar-refractivity contribution in [3.63, 3.8) is 0 Å². The molecule has 3 heteroatoms. The third-order valence-electron chi connectivity index (χ3n) is 4.41. The maximum absolute atomic E-state index is 10.2. The molecule has 0 saturated carbocycles. The average Bonchev–Trinajstić information content (AvgIpc) is 2.68. The van der Waals surface area contributed by atoms with E-state index < -0.39 is 6.10 Å². The van der Waals surface area contributed by atoms with Crippen molar-refractivity contribution in [3.05, 3.63) is 101 Å². The van der Waals surface area contributed by atoms with Crippen LogP contribution in [0.4, 0.5) is 0 Å². The third-order valence-corrected chi connectivity index (χ3v) is 4.41. The Morgan fingerprint density at radius 3 is 2.50 bits per heavy atom. The van der Waals surface area contributed by atoms with E-state index in [0.29, 0.717) is 19.7 Å². The number of aliphatic hydroxyl groups is 1. The molecule has 0 aliphatic rings. The smallest absolute Gasteiger partial charge is 0.120 e.